The fourth-order valence-electron chi connectivity index (χ4n) is 2.70. The Labute approximate surface area is 160 Å². The Morgan fingerprint density at radius 1 is 1.00 bits per heavy atom. The minimum absolute atomic E-state index is 0.131. The van der Waals surface area contributed by atoms with E-state index in [1.165, 1.54) is 24.3 Å². The van der Waals surface area contributed by atoms with Crippen molar-refractivity contribution < 1.29 is 31.1 Å². The number of benzene rings is 1. The fraction of sp³-hybridized carbons (Fsp3) is 0.167. The van der Waals surface area contributed by atoms with Crippen LogP contribution in [-0.2, 0) is 19.4 Å². The summed E-state index contributed by atoms with van der Waals surface area (Å²) in [5.41, 5.74) is -3.59. The van der Waals surface area contributed by atoms with Gasteiger partial charge < -0.3 is 5.32 Å². The topological polar surface area (TPSA) is 59.8 Å². The van der Waals surface area contributed by atoms with E-state index in [1.807, 2.05) is 5.32 Å². The number of aryl methyl sites for hydroxylation is 1. The van der Waals surface area contributed by atoms with Crippen molar-refractivity contribution in [1.29, 1.82) is 0 Å². The van der Waals surface area contributed by atoms with Crippen LogP contribution in [0.5, 0.6) is 0 Å². The maximum atomic E-state index is 13.7. The highest BCUT2D eigenvalue weighted by molar-refractivity contribution is 6.04. The largest absolute Gasteiger partial charge is 0.420 e. The molecule has 11 heteroatoms. The molecule has 3 aromatic rings. The first-order chi connectivity index (χ1) is 13.5. The van der Waals surface area contributed by atoms with Gasteiger partial charge in [0, 0.05) is 18.8 Å². The van der Waals surface area contributed by atoms with Gasteiger partial charge in [0.05, 0.1) is 5.56 Å². The van der Waals surface area contributed by atoms with Gasteiger partial charge in [-0.25, -0.2) is 4.98 Å². The molecule has 0 atom stereocenters. The average molecular weight is 414 g/mol. The quantitative estimate of drug-likeness (QED) is 0.628. The Hall–Kier alpha value is -3.37. The number of hydrogen-bond donors (Lipinski definition) is 1. The van der Waals surface area contributed by atoms with E-state index in [2.05, 4.69) is 10.1 Å². The highest BCUT2D eigenvalue weighted by Crippen LogP contribution is 2.39. The molecular formula is C18H12F6N4O. The number of carbonyl (C=O) groups excluding carboxylic acids is 1. The summed E-state index contributed by atoms with van der Waals surface area (Å²) in [5, 5.41) is 5.78. The number of carbonyl (C=O) groups is 1. The van der Waals surface area contributed by atoms with E-state index < -0.39 is 46.6 Å². The van der Waals surface area contributed by atoms with Gasteiger partial charge in [0.2, 0.25) is 0 Å². The Morgan fingerprint density at radius 2 is 1.66 bits per heavy atom. The molecule has 2 aromatic heterocycles. The van der Waals surface area contributed by atoms with Crippen molar-refractivity contribution in [1.82, 2.24) is 14.8 Å². The second-order valence-electron chi connectivity index (χ2n) is 5.94. The number of pyridine rings is 1. The van der Waals surface area contributed by atoms with E-state index in [0.717, 1.165) is 17.9 Å². The van der Waals surface area contributed by atoms with Gasteiger partial charge in [-0.05, 0) is 12.1 Å². The molecule has 29 heavy (non-hydrogen) atoms. The molecule has 0 radical (unpaired) electrons. The summed E-state index contributed by atoms with van der Waals surface area (Å²) in [6, 6.07) is 8.62. The van der Waals surface area contributed by atoms with Crippen molar-refractivity contribution in [3.63, 3.8) is 0 Å². The number of nitrogens with zero attached hydrogens (tertiary/aromatic N) is 3. The molecule has 0 aliphatic carbocycles. The van der Waals surface area contributed by atoms with Crippen LogP contribution in [-0.4, -0.2) is 20.7 Å². The molecule has 5 nitrogen and oxygen atoms in total. The molecule has 3 rings (SSSR count). The summed E-state index contributed by atoms with van der Waals surface area (Å²) in [6.45, 7) is 0. The number of amides is 1. The van der Waals surface area contributed by atoms with Crippen molar-refractivity contribution in [3.8, 4) is 11.3 Å². The highest BCUT2D eigenvalue weighted by Gasteiger charge is 2.42. The third-order valence-electron chi connectivity index (χ3n) is 3.92. The van der Waals surface area contributed by atoms with Crippen LogP contribution in [0.4, 0.5) is 32.2 Å². The SMILES string of the molecule is Cn1nc(-c2ccccc2)c(C(F)(F)F)c1C(=O)Nc1cc(C(F)(F)F)ccn1. The van der Waals surface area contributed by atoms with Crippen LogP contribution in [0, 0.1) is 0 Å². The number of nitrogens with one attached hydrogen (secondary N) is 1. The van der Waals surface area contributed by atoms with E-state index in [9.17, 15) is 31.1 Å². The minimum atomic E-state index is -4.94. The number of anilines is 1. The lowest BCUT2D eigenvalue weighted by atomic mass is 10.0. The molecule has 1 amide bonds. The zero-order valence-electron chi connectivity index (χ0n) is 14.6. The molecule has 0 saturated carbocycles. The van der Waals surface area contributed by atoms with Gasteiger partial charge in [0.25, 0.3) is 5.91 Å². The Kier molecular flexibility index (Phi) is 5.07. The Morgan fingerprint density at radius 3 is 2.24 bits per heavy atom. The molecule has 2 heterocycles. The maximum Gasteiger partial charge on any atom is 0.420 e. The van der Waals surface area contributed by atoms with Gasteiger partial charge >= 0.3 is 12.4 Å². The summed E-state index contributed by atoms with van der Waals surface area (Å²) in [5.74, 6) is -1.83. The summed E-state index contributed by atoms with van der Waals surface area (Å²) >= 11 is 0. The summed E-state index contributed by atoms with van der Waals surface area (Å²) < 4.78 is 80.3. The maximum absolute atomic E-state index is 13.7. The van der Waals surface area contributed by atoms with E-state index in [1.54, 1.807) is 6.07 Å². The monoisotopic (exact) mass is 414 g/mol. The summed E-state index contributed by atoms with van der Waals surface area (Å²) in [6.07, 6.45) is -8.85. The zero-order chi connectivity index (χ0) is 21.4. The van der Waals surface area contributed by atoms with Crippen LogP contribution >= 0.6 is 0 Å². The molecule has 152 valence electrons. The first-order valence-corrected chi connectivity index (χ1v) is 8.02. The second-order valence-corrected chi connectivity index (χ2v) is 5.94. The van der Waals surface area contributed by atoms with Gasteiger partial charge in [0.15, 0.2) is 0 Å². The Bertz CT molecular complexity index is 1040. The van der Waals surface area contributed by atoms with E-state index in [4.69, 9.17) is 0 Å². The molecule has 0 fully saturated rings. The lowest BCUT2D eigenvalue weighted by molar-refractivity contribution is -0.138. The van der Waals surface area contributed by atoms with Gasteiger partial charge in [0.1, 0.15) is 22.8 Å². The molecule has 0 unspecified atom stereocenters. The molecular weight excluding hydrogens is 402 g/mol. The molecule has 1 aromatic carbocycles. The van der Waals surface area contributed by atoms with Crippen LogP contribution < -0.4 is 5.32 Å². The van der Waals surface area contributed by atoms with Crippen molar-refractivity contribution in [2.75, 3.05) is 5.32 Å². The minimum Gasteiger partial charge on any atom is -0.305 e. The van der Waals surface area contributed by atoms with Gasteiger partial charge in [-0.3, -0.25) is 9.48 Å². The standard InChI is InChI=1S/C18H12F6N4O/c1-28-15(16(29)26-12-9-11(7-8-25-12)17(19,20)21)13(18(22,23)24)14(27-28)10-5-3-2-4-6-10/h2-9H,1H3,(H,25,26,29). The van der Waals surface area contributed by atoms with Crippen molar-refractivity contribution in [3.05, 3.63) is 65.5 Å². The molecule has 0 spiro atoms. The number of aromatic nitrogens is 3. The zero-order valence-corrected chi connectivity index (χ0v) is 14.6. The van der Waals surface area contributed by atoms with Crippen molar-refractivity contribution >= 4 is 11.7 Å². The van der Waals surface area contributed by atoms with E-state index in [-0.39, 0.29) is 5.56 Å². The molecule has 0 bridgehead atoms. The summed E-state index contributed by atoms with van der Waals surface area (Å²) in [4.78, 5) is 16.1. The van der Waals surface area contributed by atoms with E-state index >= 15 is 0 Å². The van der Waals surface area contributed by atoms with Gasteiger partial charge in [-0.1, -0.05) is 30.3 Å². The third-order valence-corrected chi connectivity index (χ3v) is 3.92. The highest BCUT2D eigenvalue weighted by atomic mass is 19.4. The van der Waals surface area contributed by atoms with Crippen LogP contribution in [0.25, 0.3) is 11.3 Å². The number of hydrogen-bond acceptors (Lipinski definition) is 3. The predicted molar refractivity (Wildman–Crippen MR) is 90.8 cm³/mol. The molecule has 0 aliphatic heterocycles. The van der Waals surface area contributed by atoms with Gasteiger partial charge in [-0.2, -0.15) is 31.4 Å². The van der Waals surface area contributed by atoms with E-state index in [0.29, 0.717) is 12.1 Å². The molecule has 1 N–H and O–H groups in total. The van der Waals surface area contributed by atoms with Crippen LogP contribution in [0.3, 0.4) is 0 Å². The number of halogens is 6. The van der Waals surface area contributed by atoms with Crippen LogP contribution in [0.2, 0.25) is 0 Å². The first-order valence-electron chi connectivity index (χ1n) is 8.02. The number of rotatable bonds is 3. The van der Waals surface area contributed by atoms with Crippen molar-refractivity contribution in [2.24, 2.45) is 7.05 Å². The first kappa shape index (κ1) is 20.4. The van der Waals surface area contributed by atoms with Crippen LogP contribution in [0.1, 0.15) is 21.6 Å². The second kappa shape index (κ2) is 7.22. The predicted octanol–water partition coefficient (Wildman–Crippen LogP) is 4.77. The van der Waals surface area contributed by atoms with Crippen molar-refractivity contribution in [2.45, 2.75) is 12.4 Å². The average Bonchev–Trinajstić information content (AvgIpc) is 3.00. The lowest BCUT2D eigenvalue weighted by Crippen LogP contribution is -2.22. The Balaban J connectivity index is 2.05. The lowest BCUT2D eigenvalue weighted by Gasteiger charge is -2.12. The fourth-order valence-corrected chi connectivity index (χ4v) is 2.70. The van der Waals surface area contributed by atoms with Crippen LogP contribution in [0.15, 0.2) is 48.7 Å². The normalized spacial score (nSPS) is 12.1. The third kappa shape index (κ3) is 4.23. The molecule has 0 saturated heterocycles. The smallest absolute Gasteiger partial charge is 0.305 e. The molecule has 0 aliphatic rings. The number of alkyl halides is 6. The summed E-state index contributed by atoms with van der Waals surface area (Å²) in [7, 11) is 1.14. The van der Waals surface area contributed by atoms with Gasteiger partial charge in [-0.15, -0.1) is 0 Å².